The van der Waals surface area contributed by atoms with Crippen LogP contribution in [-0.2, 0) is 13.0 Å². The Bertz CT molecular complexity index is 782. The Morgan fingerprint density at radius 3 is 2.91 bits per heavy atom. The maximum absolute atomic E-state index is 12.4. The Hall–Kier alpha value is -2.51. The summed E-state index contributed by atoms with van der Waals surface area (Å²) in [6, 6.07) is 7.46. The monoisotopic (exact) mass is 328 g/mol. The summed E-state index contributed by atoms with van der Waals surface area (Å²) in [7, 11) is 0. The van der Waals surface area contributed by atoms with Gasteiger partial charge in [-0.15, -0.1) is 11.3 Å². The number of carbonyl (C=O) groups excluding carboxylic acids is 1. The lowest BCUT2D eigenvalue weighted by molar-refractivity contribution is 0.101. The van der Waals surface area contributed by atoms with Crippen molar-refractivity contribution in [3.8, 4) is 0 Å². The van der Waals surface area contributed by atoms with E-state index in [4.69, 9.17) is 5.11 Å². The highest BCUT2D eigenvalue weighted by atomic mass is 32.1. The fraction of sp³-hybridized carbons (Fsp3) is 0.188. The van der Waals surface area contributed by atoms with Crippen LogP contribution < -0.4 is 5.32 Å². The molecule has 0 fully saturated rings. The van der Waals surface area contributed by atoms with Crippen molar-refractivity contribution in [2.75, 3.05) is 11.9 Å². The van der Waals surface area contributed by atoms with Crippen molar-refractivity contribution in [1.82, 2.24) is 14.5 Å². The van der Waals surface area contributed by atoms with Crippen molar-refractivity contribution < 1.29 is 9.90 Å². The van der Waals surface area contributed by atoms with Crippen molar-refractivity contribution in [2.24, 2.45) is 0 Å². The third-order valence-electron chi connectivity index (χ3n) is 3.30. The predicted molar refractivity (Wildman–Crippen MR) is 88.6 cm³/mol. The molecule has 7 heteroatoms. The Morgan fingerprint density at radius 1 is 1.30 bits per heavy atom. The van der Waals surface area contributed by atoms with Gasteiger partial charge in [0.05, 0.1) is 5.69 Å². The summed E-state index contributed by atoms with van der Waals surface area (Å²) in [6.07, 6.45) is 5.83. The molecule has 2 N–H and O–H groups in total. The van der Waals surface area contributed by atoms with Gasteiger partial charge in [0.1, 0.15) is 5.69 Å². The zero-order chi connectivity index (χ0) is 16.1. The van der Waals surface area contributed by atoms with Gasteiger partial charge in [-0.05, 0) is 29.8 Å². The van der Waals surface area contributed by atoms with Gasteiger partial charge in [-0.25, -0.2) is 4.98 Å². The summed E-state index contributed by atoms with van der Waals surface area (Å²) < 4.78 is 1.88. The van der Waals surface area contributed by atoms with Crippen LogP contribution in [0.15, 0.2) is 48.2 Å². The molecule has 23 heavy (non-hydrogen) atoms. The van der Waals surface area contributed by atoms with Gasteiger partial charge in [-0.2, -0.15) is 0 Å². The number of thiazole rings is 1. The SMILES string of the molecule is O=C(Nc1nc(CCO)cs1)c1cccn1Cc1ccncc1. The maximum Gasteiger partial charge on any atom is 0.274 e. The minimum atomic E-state index is -0.200. The number of hydrogen-bond donors (Lipinski definition) is 2. The first kappa shape index (κ1) is 15.4. The van der Waals surface area contributed by atoms with E-state index in [1.54, 1.807) is 18.5 Å². The average Bonchev–Trinajstić information content (AvgIpc) is 3.18. The molecule has 118 valence electrons. The van der Waals surface area contributed by atoms with Crippen LogP contribution in [0.5, 0.6) is 0 Å². The van der Waals surface area contributed by atoms with Crippen LogP contribution in [0.2, 0.25) is 0 Å². The largest absolute Gasteiger partial charge is 0.396 e. The summed E-state index contributed by atoms with van der Waals surface area (Å²) in [5.41, 5.74) is 2.42. The van der Waals surface area contributed by atoms with E-state index in [9.17, 15) is 4.79 Å². The fourth-order valence-electron chi connectivity index (χ4n) is 2.20. The number of aliphatic hydroxyl groups is 1. The van der Waals surface area contributed by atoms with E-state index in [2.05, 4.69) is 15.3 Å². The van der Waals surface area contributed by atoms with E-state index in [-0.39, 0.29) is 12.5 Å². The van der Waals surface area contributed by atoms with Crippen LogP contribution >= 0.6 is 11.3 Å². The van der Waals surface area contributed by atoms with E-state index in [1.807, 2.05) is 34.3 Å². The van der Waals surface area contributed by atoms with Crippen LogP contribution in [0.3, 0.4) is 0 Å². The molecule has 3 aromatic rings. The van der Waals surface area contributed by atoms with Crippen LogP contribution in [0.4, 0.5) is 5.13 Å². The molecule has 3 heterocycles. The smallest absolute Gasteiger partial charge is 0.274 e. The van der Waals surface area contributed by atoms with Gasteiger partial charge in [0, 0.05) is 43.5 Å². The predicted octanol–water partition coefficient (Wildman–Crippen LogP) is 2.17. The summed E-state index contributed by atoms with van der Waals surface area (Å²) in [5, 5.41) is 14.1. The molecule has 0 aliphatic carbocycles. The normalized spacial score (nSPS) is 10.7. The molecule has 6 nitrogen and oxygen atoms in total. The summed E-state index contributed by atoms with van der Waals surface area (Å²) in [4.78, 5) is 20.7. The first-order chi connectivity index (χ1) is 11.3. The highest BCUT2D eigenvalue weighted by Crippen LogP contribution is 2.17. The standard InChI is InChI=1S/C16H16N4O2S/c21-9-5-13-11-23-16(18-13)19-15(22)14-2-1-8-20(14)10-12-3-6-17-7-4-12/h1-4,6-8,11,21H,5,9-10H2,(H,18,19,22). The van der Waals surface area contributed by atoms with Crippen molar-refractivity contribution in [3.05, 3.63) is 65.2 Å². The van der Waals surface area contributed by atoms with Crippen LogP contribution in [0.1, 0.15) is 21.7 Å². The molecule has 0 aliphatic rings. The van der Waals surface area contributed by atoms with E-state index < -0.39 is 0 Å². The third kappa shape index (κ3) is 3.82. The number of nitrogens with one attached hydrogen (secondary N) is 1. The summed E-state index contributed by atoms with van der Waals surface area (Å²) >= 11 is 1.35. The molecule has 0 aromatic carbocycles. The fourth-order valence-corrected chi connectivity index (χ4v) is 2.94. The molecule has 0 bridgehead atoms. The first-order valence-corrected chi connectivity index (χ1v) is 8.05. The van der Waals surface area contributed by atoms with Crippen molar-refractivity contribution in [1.29, 1.82) is 0 Å². The lowest BCUT2D eigenvalue weighted by Crippen LogP contribution is -2.17. The average molecular weight is 328 g/mol. The van der Waals surface area contributed by atoms with Gasteiger partial charge < -0.3 is 9.67 Å². The molecule has 3 aromatic heterocycles. The molecule has 3 rings (SSSR count). The Morgan fingerprint density at radius 2 is 2.13 bits per heavy atom. The number of carbonyl (C=O) groups is 1. The second-order valence-corrected chi connectivity index (χ2v) is 5.81. The number of aromatic nitrogens is 3. The molecule has 0 radical (unpaired) electrons. The van der Waals surface area contributed by atoms with E-state index in [1.165, 1.54) is 11.3 Å². The van der Waals surface area contributed by atoms with Gasteiger partial charge in [-0.3, -0.25) is 15.1 Å². The lowest BCUT2D eigenvalue weighted by Gasteiger charge is -2.08. The molecule has 0 spiro atoms. The number of aliphatic hydroxyl groups excluding tert-OH is 1. The van der Waals surface area contributed by atoms with Crippen LogP contribution in [0.25, 0.3) is 0 Å². The molecule has 0 unspecified atom stereocenters. The van der Waals surface area contributed by atoms with Crippen molar-refractivity contribution in [2.45, 2.75) is 13.0 Å². The molecular weight excluding hydrogens is 312 g/mol. The van der Waals surface area contributed by atoms with Crippen LogP contribution in [-0.4, -0.2) is 32.2 Å². The van der Waals surface area contributed by atoms with Gasteiger partial charge >= 0.3 is 0 Å². The quantitative estimate of drug-likeness (QED) is 0.727. The first-order valence-electron chi connectivity index (χ1n) is 7.17. The Balaban J connectivity index is 1.71. The number of nitrogens with zero attached hydrogens (tertiary/aromatic N) is 3. The van der Waals surface area contributed by atoms with Crippen LogP contribution in [0, 0.1) is 0 Å². The van der Waals surface area contributed by atoms with Crippen molar-refractivity contribution >= 4 is 22.4 Å². The van der Waals surface area contributed by atoms with E-state index >= 15 is 0 Å². The minimum Gasteiger partial charge on any atom is -0.396 e. The highest BCUT2D eigenvalue weighted by molar-refractivity contribution is 7.13. The number of pyridine rings is 1. The lowest BCUT2D eigenvalue weighted by atomic mass is 10.2. The maximum atomic E-state index is 12.4. The number of hydrogen-bond acceptors (Lipinski definition) is 5. The molecule has 0 saturated heterocycles. The second-order valence-electron chi connectivity index (χ2n) is 4.95. The molecular formula is C16H16N4O2S. The number of amides is 1. The number of anilines is 1. The van der Waals surface area contributed by atoms with Gasteiger partial charge in [0.2, 0.25) is 0 Å². The third-order valence-corrected chi connectivity index (χ3v) is 4.11. The second kappa shape index (κ2) is 7.17. The Labute approximate surface area is 137 Å². The van der Waals surface area contributed by atoms with E-state index in [0.29, 0.717) is 23.8 Å². The minimum absolute atomic E-state index is 0.0475. The zero-order valence-electron chi connectivity index (χ0n) is 12.3. The Kier molecular flexibility index (Phi) is 4.80. The van der Waals surface area contributed by atoms with Gasteiger partial charge in [0.25, 0.3) is 5.91 Å². The highest BCUT2D eigenvalue weighted by Gasteiger charge is 2.13. The summed E-state index contributed by atoms with van der Waals surface area (Å²) in [5.74, 6) is -0.200. The zero-order valence-corrected chi connectivity index (χ0v) is 13.2. The van der Waals surface area contributed by atoms with Gasteiger partial charge in [0.15, 0.2) is 5.13 Å². The number of rotatable bonds is 6. The topological polar surface area (TPSA) is 80.0 Å². The van der Waals surface area contributed by atoms with Gasteiger partial charge in [-0.1, -0.05) is 0 Å². The van der Waals surface area contributed by atoms with Crippen molar-refractivity contribution in [3.63, 3.8) is 0 Å². The van der Waals surface area contributed by atoms with E-state index in [0.717, 1.165) is 11.3 Å². The molecule has 0 saturated carbocycles. The molecule has 0 aliphatic heterocycles. The molecule has 0 atom stereocenters. The summed E-state index contributed by atoms with van der Waals surface area (Å²) in [6.45, 7) is 0.651. The molecule has 1 amide bonds.